The van der Waals surface area contributed by atoms with Gasteiger partial charge in [-0.1, -0.05) is 427 Å². The van der Waals surface area contributed by atoms with Crippen molar-refractivity contribution in [2.45, 2.75) is 122 Å². The molecule has 6 aliphatic rings. The first kappa shape index (κ1) is 84.4. The van der Waals surface area contributed by atoms with E-state index in [0.717, 1.165) is 0 Å². The Kier molecular flexibility index (Phi) is 24.4. The minimum atomic E-state index is 0.0590. The highest BCUT2D eigenvalue weighted by Crippen LogP contribution is 2.58. The third-order valence-electron chi connectivity index (χ3n) is 25.4. The molecule has 0 saturated carbocycles. The van der Waals surface area contributed by atoms with Gasteiger partial charge >= 0.3 is 0 Å². The number of hydrogen-bond donors (Lipinski definition) is 0. The van der Waals surface area contributed by atoms with Gasteiger partial charge in [-0.25, -0.2) is 0 Å². The van der Waals surface area contributed by atoms with Gasteiger partial charge in [0.25, 0.3) is 0 Å². The monoisotopic (exact) mass is 1670 g/mol. The summed E-state index contributed by atoms with van der Waals surface area (Å²) >= 11 is 5.65. The van der Waals surface area contributed by atoms with Crippen LogP contribution in [-0.4, -0.2) is 21.1 Å². The van der Waals surface area contributed by atoms with Gasteiger partial charge in [-0.15, -0.1) is 0 Å². The number of anilines is 6. The Morgan fingerprint density at radius 1 is 0.200 bits per heavy atom. The number of para-hydroxylation sites is 3. The zero-order valence-electron chi connectivity index (χ0n) is 74.1. The molecule has 3 nitrogen and oxygen atoms in total. The normalized spacial score (nSPS) is 13.6. The van der Waals surface area contributed by atoms with Crippen molar-refractivity contribution in [1.82, 2.24) is 0 Å². The lowest BCUT2D eigenvalue weighted by atomic mass is 9.82. The summed E-state index contributed by atoms with van der Waals surface area (Å²) in [6, 6.07) is 141. The summed E-state index contributed by atoms with van der Waals surface area (Å²) in [6.45, 7) is 24.6. The number of benzene rings is 18. The van der Waals surface area contributed by atoms with Gasteiger partial charge in [0, 0.05) is 66.8 Å². The predicted octanol–water partition coefficient (Wildman–Crippen LogP) is 33.8. The van der Waals surface area contributed by atoms with Crippen LogP contribution < -0.4 is 14.7 Å². The van der Waals surface area contributed by atoms with E-state index in [1.165, 1.54) is 202 Å². The second-order valence-electron chi connectivity index (χ2n) is 34.8. The van der Waals surface area contributed by atoms with Gasteiger partial charge in [0.2, 0.25) is 0 Å². The zero-order valence-corrected chi connectivity index (χ0v) is 76.5. The second kappa shape index (κ2) is 36.2. The maximum absolute atomic E-state index is 2.42. The lowest BCUT2D eigenvalue weighted by Crippen LogP contribution is -2.18. The van der Waals surface area contributed by atoms with Crippen LogP contribution in [0.3, 0.4) is 0 Å². The van der Waals surface area contributed by atoms with E-state index in [1.54, 1.807) is 0 Å². The molecule has 0 atom stereocenters. The topological polar surface area (TPSA) is 9.72 Å². The molecule has 3 heterocycles. The Balaban J connectivity index is 0.000000104. The summed E-state index contributed by atoms with van der Waals surface area (Å²) in [5, 5.41) is 7.97. The van der Waals surface area contributed by atoms with Crippen LogP contribution in [0.15, 0.2) is 424 Å². The molecule has 3 aliphatic heterocycles. The van der Waals surface area contributed by atoms with Gasteiger partial charge in [0.1, 0.15) is 0 Å². The Hall–Kier alpha value is -12.8. The van der Waals surface area contributed by atoms with Crippen LogP contribution in [-0.2, 0) is 16.2 Å². The summed E-state index contributed by atoms with van der Waals surface area (Å²) in [6.07, 6.45) is 0. The second-order valence-corrected chi connectivity index (χ2v) is 38.1. The fraction of sp³-hybridized carbons (Fsp3) is 0.143. The molecule has 18 aromatic carbocycles. The van der Waals surface area contributed by atoms with Crippen LogP contribution in [0.2, 0.25) is 0 Å². The molecular weight excluding hydrogens is 1570 g/mol. The zero-order chi connectivity index (χ0) is 86.7. The van der Waals surface area contributed by atoms with Crippen molar-refractivity contribution < 1.29 is 0 Å². The molecule has 0 N–H and O–H groups in total. The van der Waals surface area contributed by atoms with Crippen LogP contribution in [0, 0.1) is 34.6 Å². The Morgan fingerprint density at radius 3 is 1.13 bits per heavy atom. The van der Waals surface area contributed by atoms with E-state index in [-0.39, 0.29) is 16.2 Å². The molecule has 0 aromatic heterocycles. The molecule has 24 rings (SSSR count). The maximum atomic E-state index is 2.42. The first-order valence-corrected chi connectivity index (χ1v) is 45.9. The molecule has 18 aromatic rings. The van der Waals surface area contributed by atoms with Crippen LogP contribution in [0.25, 0.3) is 76.8 Å². The number of aryl methyl sites for hydroxylation is 5. The van der Waals surface area contributed by atoms with E-state index in [2.05, 4.69) is 482 Å². The standard InChI is InChI=1S/2C22H19NS.C17H13NS.C16H16.C13H12.2C11H10.C7H8/c1-22(2)16-9-5-4-8-14(16)15-12-21-19(13-17(15)22)23(3)18-10-6-7-11-20(18)24-21;1-22(2)16-9-5-4-8-14(16)15-12-19-21(13-17(15)22)24-20-11-7-6-10-18(20)23(19)3;1-18-14-8-4-5-9-16(14)19-17-13-7-3-2-6-12(13)10-11-15(17)18;1-11-8-9-13-12-6-4-5-7-14(12)16(2,3)15(13)10-11;1-11-7-9-13(10-8-11)12-5-3-2-4-6-12;1-9-5-4-7-10-6-2-3-8-11(9)10;1-9-6-7-10-4-2-3-5-11(10)8-9;1-7-5-3-2-4-6-7/h2*4-13H,1-3H3;2-11H,1H3;4-10H,1-3H3;2-10H,1H3;2*2-8H,1H3;2-6H,1H3. The molecule has 125 heavy (non-hydrogen) atoms. The molecule has 0 saturated heterocycles. The summed E-state index contributed by atoms with van der Waals surface area (Å²) in [5.74, 6) is 0. The van der Waals surface area contributed by atoms with Crippen molar-refractivity contribution in [1.29, 1.82) is 0 Å². The third-order valence-corrected chi connectivity index (χ3v) is 28.8. The molecule has 0 radical (unpaired) electrons. The Labute approximate surface area is 753 Å². The number of fused-ring (bicyclic) bond motifs is 19. The first-order valence-electron chi connectivity index (χ1n) is 43.4. The predicted molar refractivity (Wildman–Crippen MR) is 542 cm³/mol. The van der Waals surface area contributed by atoms with Gasteiger partial charge in [-0.05, 0) is 217 Å². The third kappa shape index (κ3) is 17.3. The van der Waals surface area contributed by atoms with Gasteiger partial charge < -0.3 is 14.7 Å². The highest BCUT2D eigenvalue weighted by Gasteiger charge is 2.40. The SMILES string of the molecule is CN1c2ccccc2Sc2c1ccc1ccccc21.CN1c2ccccc2Sc2cc3c(cc21)-c1ccccc1C3(C)C.CN1c2ccccc2Sc2cc3c(cc21)C(C)(C)c1ccccc1-3.Cc1ccc(-c2ccccc2)cc1.Cc1ccc2c(c1)C(C)(C)c1ccccc1-2.Cc1ccc2ccccc2c1.Cc1cccc2ccccc12.Cc1ccccc1. The van der Waals surface area contributed by atoms with Crippen molar-refractivity contribution in [3.63, 3.8) is 0 Å². The van der Waals surface area contributed by atoms with Crippen LogP contribution in [0.4, 0.5) is 34.1 Å². The summed E-state index contributed by atoms with van der Waals surface area (Å²) < 4.78 is 0. The molecule has 3 aliphatic carbocycles. The van der Waals surface area contributed by atoms with Crippen molar-refractivity contribution in [2.75, 3.05) is 35.8 Å². The van der Waals surface area contributed by atoms with E-state index in [9.17, 15) is 0 Å². The summed E-state index contributed by atoms with van der Waals surface area (Å²) in [7, 11) is 6.50. The molecule has 0 spiro atoms. The Morgan fingerprint density at radius 2 is 0.568 bits per heavy atom. The number of rotatable bonds is 1. The first-order chi connectivity index (χ1) is 60.6. The number of hydrogen-bond acceptors (Lipinski definition) is 6. The van der Waals surface area contributed by atoms with Gasteiger partial charge in [0.05, 0.1) is 34.1 Å². The minimum absolute atomic E-state index is 0.0590. The maximum Gasteiger partial charge on any atom is 0.0556 e. The average Bonchev–Trinajstić information content (AvgIpc) is 1.58. The van der Waals surface area contributed by atoms with E-state index in [0.29, 0.717) is 0 Å². The van der Waals surface area contributed by atoms with Crippen molar-refractivity contribution >= 4 is 102 Å². The molecule has 6 heteroatoms. The van der Waals surface area contributed by atoms with Crippen molar-refractivity contribution in [3.05, 3.63) is 456 Å². The fourth-order valence-electron chi connectivity index (χ4n) is 18.3. The molecular formula is C119H107N3S3. The molecule has 0 amide bonds. The molecule has 616 valence electrons. The van der Waals surface area contributed by atoms with Crippen LogP contribution in [0.5, 0.6) is 0 Å². The quantitative estimate of drug-likeness (QED) is 0.161. The van der Waals surface area contributed by atoms with E-state index in [1.807, 2.05) is 59.6 Å². The van der Waals surface area contributed by atoms with Crippen molar-refractivity contribution in [2.24, 2.45) is 0 Å². The van der Waals surface area contributed by atoms with Gasteiger partial charge in [-0.2, -0.15) is 0 Å². The van der Waals surface area contributed by atoms with Gasteiger partial charge in [-0.3, -0.25) is 0 Å². The van der Waals surface area contributed by atoms with E-state index < -0.39 is 0 Å². The van der Waals surface area contributed by atoms with Gasteiger partial charge in [0.15, 0.2) is 0 Å². The Bertz CT molecular complexity index is 6970. The van der Waals surface area contributed by atoms with E-state index in [4.69, 9.17) is 0 Å². The van der Waals surface area contributed by atoms with Crippen LogP contribution >= 0.6 is 35.3 Å². The van der Waals surface area contributed by atoms with Crippen LogP contribution in [0.1, 0.15) is 103 Å². The fourth-order valence-corrected chi connectivity index (χ4v) is 22.0. The summed E-state index contributed by atoms with van der Waals surface area (Å²) in [5.41, 5.74) is 34.3. The minimum Gasteiger partial charge on any atom is -0.343 e. The molecule has 0 fully saturated rings. The largest absolute Gasteiger partial charge is 0.343 e. The lowest BCUT2D eigenvalue weighted by molar-refractivity contribution is 0.658. The average molecular weight is 1680 g/mol. The lowest BCUT2D eigenvalue weighted by Gasteiger charge is -2.31. The highest BCUT2D eigenvalue weighted by molar-refractivity contribution is 8.00. The number of nitrogens with zero attached hydrogens (tertiary/aromatic N) is 3. The van der Waals surface area contributed by atoms with E-state index >= 15 is 0 Å². The molecule has 0 unspecified atom stereocenters. The van der Waals surface area contributed by atoms with Crippen molar-refractivity contribution in [3.8, 4) is 44.5 Å². The smallest absolute Gasteiger partial charge is 0.0556 e. The summed E-state index contributed by atoms with van der Waals surface area (Å²) in [4.78, 5) is 15.0. The molecule has 0 bridgehead atoms. The highest BCUT2D eigenvalue weighted by atomic mass is 32.2.